The summed E-state index contributed by atoms with van der Waals surface area (Å²) in [6, 6.07) is 10.4. The van der Waals surface area contributed by atoms with Gasteiger partial charge < -0.3 is 18.9 Å². The summed E-state index contributed by atoms with van der Waals surface area (Å²) < 4.78 is 23.9. The fourth-order valence-corrected chi connectivity index (χ4v) is 5.10. The molecule has 2 aromatic carbocycles. The Balaban J connectivity index is 1.89. The molecule has 0 unspecified atom stereocenters. The van der Waals surface area contributed by atoms with Gasteiger partial charge in [0.25, 0.3) is 5.56 Å². The van der Waals surface area contributed by atoms with E-state index in [1.54, 1.807) is 19.2 Å². The number of ether oxygens (including phenoxy) is 4. The Morgan fingerprint density at radius 1 is 1.06 bits per heavy atom. The third-order valence-electron chi connectivity index (χ3n) is 5.72. The molecule has 36 heavy (non-hydrogen) atoms. The second kappa shape index (κ2) is 10.8. The molecule has 0 saturated carbocycles. The number of thiazole rings is 1. The fraction of sp³-hybridized carbons (Fsp3) is 0.296. The van der Waals surface area contributed by atoms with Crippen LogP contribution in [0.3, 0.4) is 0 Å². The van der Waals surface area contributed by atoms with Crippen molar-refractivity contribution in [3.63, 3.8) is 0 Å². The standard InChI is InChI=1S/C27H28N2O6S/c1-6-34-21-11-9-18(14-22(21)35-7-2)24-19(26(31)33-5)15-28-27-29(24)25(30)23(36-27)13-17-8-10-20(32-4)16(3)12-17/h8-15,24H,6-7H2,1-5H3/b23-13-/t24-/m1/s1. The van der Waals surface area contributed by atoms with E-state index in [0.717, 1.165) is 16.9 Å². The van der Waals surface area contributed by atoms with Crippen LogP contribution in [0.5, 0.6) is 17.2 Å². The van der Waals surface area contributed by atoms with Crippen LogP contribution in [-0.2, 0) is 9.53 Å². The van der Waals surface area contributed by atoms with Gasteiger partial charge in [-0.3, -0.25) is 9.36 Å². The van der Waals surface area contributed by atoms with Crippen LogP contribution in [0.1, 0.15) is 36.6 Å². The Labute approximate surface area is 212 Å². The average molecular weight is 509 g/mol. The Bertz CT molecular complexity index is 1500. The number of benzene rings is 2. The van der Waals surface area contributed by atoms with Crippen molar-refractivity contribution >= 4 is 23.4 Å². The molecule has 0 aliphatic carbocycles. The molecule has 0 amide bonds. The van der Waals surface area contributed by atoms with Crippen LogP contribution >= 0.6 is 11.3 Å². The summed E-state index contributed by atoms with van der Waals surface area (Å²) in [5.74, 6) is 1.34. The monoisotopic (exact) mass is 508 g/mol. The van der Waals surface area contributed by atoms with Crippen LogP contribution in [0.2, 0.25) is 0 Å². The fourth-order valence-electron chi connectivity index (χ4n) is 4.13. The quantitative estimate of drug-likeness (QED) is 0.435. The van der Waals surface area contributed by atoms with Crippen LogP contribution in [0.4, 0.5) is 0 Å². The van der Waals surface area contributed by atoms with Gasteiger partial charge in [-0.15, -0.1) is 0 Å². The molecule has 1 aliphatic rings. The van der Waals surface area contributed by atoms with Crippen molar-refractivity contribution in [1.29, 1.82) is 0 Å². The molecular formula is C27H28N2O6S. The smallest absolute Gasteiger partial charge is 0.337 e. The number of carbonyl (C=O) groups excluding carboxylic acids is 1. The molecule has 1 aromatic heterocycles. The minimum absolute atomic E-state index is 0.251. The minimum atomic E-state index is -0.733. The predicted octanol–water partition coefficient (Wildman–Crippen LogP) is 3.13. The topological polar surface area (TPSA) is 88.4 Å². The number of hydrogen-bond acceptors (Lipinski definition) is 8. The number of aryl methyl sites for hydroxylation is 1. The lowest BCUT2D eigenvalue weighted by Gasteiger charge is -2.23. The van der Waals surface area contributed by atoms with Gasteiger partial charge in [0, 0.05) is 6.20 Å². The van der Waals surface area contributed by atoms with E-state index in [-0.39, 0.29) is 11.1 Å². The molecule has 3 aromatic rings. The van der Waals surface area contributed by atoms with Gasteiger partial charge in [0.15, 0.2) is 16.3 Å². The van der Waals surface area contributed by atoms with Crippen molar-refractivity contribution < 1.29 is 23.7 Å². The van der Waals surface area contributed by atoms with Gasteiger partial charge in [0.1, 0.15) is 5.75 Å². The van der Waals surface area contributed by atoms with E-state index in [9.17, 15) is 9.59 Å². The number of esters is 1. The van der Waals surface area contributed by atoms with Gasteiger partial charge in [0.05, 0.1) is 43.6 Å². The molecule has 0 spiro atoms. The van der Waals surface area contributed by atoms with E-state index in [1.807, 2.05) is 51.1 Å². The number of carbonyl (C=O) groups is 1. The predicted molar refractivity (Wildman–Crippen MR) is 138 cm³/mol. The maximum atomic E-state index is 13.7. The molecular weight excluding hydrogens is 480 g/mol. The van der Waals surface area contributed by atoms with E-state index in [0.29, 0.717) is 39.6 Å². The first-order valence-corrected chi connectivity index (χ1v) is 12.4. The highest BCUT2D eigenvalue weighted by Gasteiger charge is 2.31. The van der Waals surface area contributed by atoms with Gasteiger partial charge in [-0.2, -0.15) is 0 Å². The maximum Gasteiger partial charge on any atom is 0.337 e. The van der Waals surface area contributed by atoms with E-state index in [4.69, 9.17) is 18.9 Å². The molecule has 0 bridgehead atoms. The van der Waals surface area contributed by atoms with Crippen LogP contribution < -0.4 is 29.1 Å². The highest BCUT2D eigenvalue weighted by atomic mass is 32.1. The third-order valence-corrected chi connectivity index (χ3v) is 6.72. The lowest BCUT2D eigenvalue weighted by Crippen LogP contribution is -2.39. The molecule has 0 N–H and O–H groups in total. The molecule has 1 aliphatic heterocycles. The normalized spacial score (nSPS) is 15.0. The number of methoxy groups -OCH3 is 2. The summed E-state index contributed by atoms with van der Waals surface area (Å²) in [6.45, 7) is 6.64. The zero-order valence-corrected chi connectivity index (χ0v) is 21.7. The molecule has 2 heterocycles. The first kappa shape index (κ1) is 25.2. The Hall–Kier alpha value is -3.85. The molecule has 0 saturated heterocycles. The van der Waals surface area contributed by atoms with Crippen LogP contribution in [0.15, 0.2) is 58.0 Å². The van der Waals surface area contributed by atoms with Gasteiger partial charge in [0.2, 0.25) is 0 Å². The highest BCUT2D eigenvalue weighted by Crippen LogP contribution is 2.35. The molecule has 188 valence electrons. The molecule has 0 fully saturated rings. The summed E-state index contributed by atoms with van der Waals surface area (Å²) in [5.41, 5.74) is 2.51. The summed E-state index contributed by atoms with van der Waals surface area (Å²) in [6.07, 6.45) is 3.29. The van der Waals surface area contributed by atoms with Crippen LogP contribution in [0, 0.1) is 6.92 Å². The summed E-state index contributed by atoms with van der Waals surface area (Å²) >= 11 is 1.26. The molecule has 9 heteroatoms. The summed E-state index contributed by atoms with van der Waals surface area (Å²) in [4.78, 5) is 31.3. The van der Waals surface area contributed by atoms with Crippen molar-refractivity contribution in [1.82, 2.24) is 4.57 Å². The van der Waals surface area contributed by atoms with Crippen molar-refractivity contribution in [3.8, 4) is 17.2 Å². The number of rotatable bonds is 8. The molecule has 1 atom stereocenters. The van der Waals surface area contributed by atoms with Crippen molar-refractivity contribution in [2.75, 3.05) is 27.4 Å². The number of fused-ring (bicyclic) bond motifs is 1. The van der Waals surface area contributed by atoms with Crippen LogP contribution in [0.25, 0.3) is 6.08 Å². The van der Waals surface area contributed by atoms with E-state index < -0.39 is 12.0 Å². The summed E-state index contributed by atoms with van der Waals surface area (Å²) in [5, 5.41) is 0. The van der Waals surface area contributed by atoms with Gasteiger partial charge in [-0.25, -0.2) is 9.79 Å². The largest absolute Gasteiger partial charge is 0.496 e. The van der Waals surface area contributed by atoms with E-state index >= 15 is 0 Å². The maximum absolute atomic E-state index is 13.7. The zero-order chi connectivity index (χ0) is 25.8. The Morgan fingerprint density at radius 3 is 2.44 bits per heavy atom. The first-order valence-electron chi connectivity index (χ1n) is 11.5. The Kier molecular flexibility index (Phi) is 7.59. The summed E-state index contributed by atoms with van der Waals surface area (Å²) in [7, 11) is 2.93. The van der Waals surface area contributed by atoms with E-state index in [1.165, 1.54) is 29.2 Å². The van der Waals surface area contributed by atoms with Crippen LogP contribution in [-0.4, -0.2) is 38.0 Å². The Morgan fingerprint density at radius 2 is 1.78 bits per heavy atom. The van der Waals surface area contributed by atoms with E-state index in [2.05, 4.69) is 4.99 Å². The van der Waals surface area contributed by atoms with Gasteiger partial charge in [-0.1, -0.05) is 23.5 Å². The third kappa shape index (κ3) is 4.79. The zero-order valence-electron chi connectivity index (χ0n) is 20.9. The van der Waals surface area contributed by atoms with Gasteiger partial charge >= 0.3 is 5.97 Å². The highest BCUT2D eigenvalue weighted by molar-refractivity contribution is 7.07. The second-order valence-electron chi connectivity index (χ2n) is 7.98. The lowest BCUT2D eigenvalue weighted by atomic mass is 9.97. The number of nitrogens with zero attached hydrogens (tertiary/aromatic N) is 2. The second-order valence-corrected chi connectivity index (χ2v) is 8.99. The molecule has 0 radical (unpaired) electrons. The minimum Gasteiger partial charge on any atom is -0.496 e. The molecule has 8 nitrogen and oxygen atoms in total. The SMILES string of the molecule is CCOc1ccc([C@@H]2C(C(=O)OC)=CN=c3s/c(=C\c4ccc(OC)c(C)c4)c(=O)n32)cc1OCC. The molecule has 4 rings (SSSR count). The average Bonchev–Trinajstić information content (AvgIpc) is 3.19. The lowest BCUT2D eigenvalue weighted by molar-refractivity contribution is -0.136. The number of hydrogen-bond donors (Lipinski definition) is 0. The van der Waals surface area contributed by atoms with Crippen molar-refractivity contribution in [2.45, 2.75) is 26.8 Å². The van der Waals surface area contributed by atoms with Crippen molar-refractivity contribution in [2.24, 2.45) is 4.99 Å². The first-order chi connectivity index (χ1) is 17.4. The van der Waals surface area contributed by atoms with Gasteiger partial charge in [-0.05, 0) is 67.8 Å². The van der Waals surface area contributed by atoms with Crippen molar-refractivity contribution in [3.05, 3.63) is 84.5 Å². The number of aromatic nitrogens is 1.